The molecule has 7 nitrogen and oxygen atoms in total. The number of amides is 1. The second-order valence-corrected chi connectivity index (χ2v) is 5.89. The van der Waals surface area contributed by atoms with Crippen molar-refractivity contribution < 1.29 is 28.2 Å². The zero-order chi connectivity index (χ0) is 19.8. The first-order valence-electron chi connectivity index (χ1n) is 8.78. The van der Waals surface area contributed by atoms with Crippen molar-refractivity contribution in [2.24, 2.45) is 0 Å². The fourth-order valence-electron chi connectivity index (χ4n) is 2.51. The zero-order valence-corrected chi connectivity index (χ0v) is 16.1. The fourth-order valence-corrected chi connectivity index (χ4v) is 2.51. The third kappa shape index (κ3) is 5.77. The molecule has 27 heavy (non-hydrogen) atoms. The van der Waals surface area contributed by atoms with Crippen LogP contribution in [0.15, 0.2) is 28.7 Å². The van der Waals surface area contributed by atoms with Crippen molar-refractivity contribution in [2.45, 2.75) is 27.7 Å². The Labute approximate surface area is 158 Å². The van der Waals surface area contributed by atoms with Crippen LogP contribution in [0.25, 0.3) is 0 Å². The third-order valence-electron chi connectivity index (χ3n) is 3.93. The molecule has 0 unspecified atom stereocenters. The normalized spacial score (nSPS) is 10.4. The Kier molecular flexibility index (Phi) is 7.28. The lowest BCUT2D eigenvalue weighted by Gasteiger charge is -2.09. The van der Waals surface area contributed by atoms with Gasteiger partial charge in [0.1, 0.15) is 35.2 Å². The highest BCUT2D eigenvalue weighted by atomic mass is 16.5. The van der Waals surface area contributed by atoms with Crippen LogP contribution in [-0.2, 0) is 9.53 Å². The Morgan fingerprint density at radius 1 is 1.00 bits per heavy atom. The highest BCUT2D eigenvalue weighted by Crippen LogP contribution is 2.21. The molecular formula is C20H25NO6. The maximum Gasteiger partial charge on any atom is 0.342 e. The van der Waals surface area contributed by atoms with Gasteiger partial charge in [-0.05, 0) is 52.0 Å². The van der Waals surface area contributed by atoms with Crippen molar-refractivity contribution in [3.63, 3.8) is 0 Å². The molecule has 0 aliphatic heterocycles. The van der Waals surface area contributed by atoms with E-state index in [9.17, 15) is 9.59 Å². The van der Waals surface area contributed by atoms with Gasteiger partial charge < -0.3 is 23.9 Å². The number of hydrogen-bond donors (Lipinski definition) is 1. The van der Waals surface area contributed by atoms with Crippen molar-refractivity contribution in [3.05, 3.63) is 46.9 Å². The summed E-state index contributed by atoms with van der Waals surface area (Å²) in [6.07, 6.45) is 0. The number of aryl methyl sites for hydroxylation is 2. The minimum atomic E-state index is -0.567. The molecule has 0 saturated carbocycles. The maximum absolute atomic E-state index is 12.1. The number of hydrogen-bond acceptors (Lipinski definition) is 6. The Morgan fingerprint density at radius 3 is 2.19 bits per heavy atom. The van der Waals surface area contributed by atoms with E-state index < -0.39 is 11.9 Å². The lowest BCUT2D eigenvalue weighted by Crippen LogP contribution is -2.32. The summed E-state index contributed by atoms with van der Waals surface area (Å²) >= 11 is 0. The highest BCUT2D eigenvalue weighted by molar-refractivity contribution is 5.93. The van der Waals surface area contributed by atoms with Gasteiger partial charge in [0.05, 0.1) is 13.2 Å². The summed E-state index contributed by atoms with van der Waals surface area (Å²) < 4.78 is 21.3. The van der Waals surface area contributed by atoms with Crippen molar-refractivity contribution in [1.29, 1.82) is 0 Å². The number of benzene rings is 1. The van der Waals surface area contributed by atoms with Gasteiger partial charge in [0.2, 0.25) is 0 Å². The SMILES string of the molecule is CCOc1ccc(OCCNC(=O)COC(=O)c2c(C)oc(C)c2C)cc1. The van der Waals surface area contributed by atoms with Crippen molar-refractivity contribution in [1.82, 2.24) is 5.32 Å². The molecule has 1 amide bonds. The van der Waals surface area contributed by atoms with Crippen molar-refractivity contribution in [2.75, 3.05) is 26.4 Å². The van der Waals surface area contributed by atoms with Crippen LogP contribution in [0.4, 0.5) is 0 Å². The van der Waals surface area contributed by atoms with Gasteiger partial charge in [-0.1, -0.05) is 0 Å². The van der Waals surface area contributed by atoms with E-state index in [0.29, 0.717) is 42.6 Å². The molecule has 1 aromatic heterocycles. The van der Waals surface area contributed by atoms with E-state index in [0.717, 1.165) is 11.3 Å². The van der Waals surface area contributed by atoms with Crippen LogP contribution in [0.2, 0.25) is 0 Å². The van der Waals surface area contributed by atoms with Crippen molar-refractivity contribution in [3.8, 4) is 11.5 Å². The topological polar surface area (TPSA) is 87.0 Å². The summed E-state index contributed by atoms with van der Waals surface area (Å²) in [5.41, 5.74) is 1.10. The van der Waals surface area contributed by atoms with Crippen LogP contribution in [0.3, 0.4) is 0 Å². The number of rotatable bonds is 9. The standard InChI is InChI=1S/C20H25NO6/c1-5-24-16-6-8-17(9-7-16)25-11-10-21-18(22)12-26-20(23)19-13(2)14(3)27-15(19)4/h6-9H,5,10-12H2,1-4H3,(H,21,22). The van der Waals surface area contributed by atoms with Crippen LogP contribution in [-0.4, -0.2) is 38.2 Å². The van der Waals surface area contributed by atoms with Gasteiger partial charge in [-0.3, -0.25) is 4.79 Å². The average molecular weight is 375 g/mol. The predicted octanol–water partition coefficient (Wildman–Crippen LogP) is 2.96. The van der Waals surface area contributed by atoms with Crippen LogP contribution >= 0.6 is 0 Å². The second-order valence-electron chi connectivity index (χ2n) is 5.89. The minimum absolute atomic E-state index is 0.298. The van der Waals surface area contributed by atoms with Crippen LogP contribution in [0.5, 0.6) is 11.5 Å². The van der Waals surface area contributed by atoms with Crippen molar-refractivity contribution >= 4 is 11.9 Å². The monoisotopic (exact) mass is 375 g/mol. The van der Waals surface area contributed by atoms with Gasteiger partial charge in [-0.15, -0.1) is 0 Å². The first-order valence-corrected chi connectivity index (χ1v) is 8.78. The fraction of sp³-hybridized carbons (Fsp3) is 0.400. The van der Waals surface area contributed by atoms with Crippen LogP contribution < -0.4 is 14.8 Å². The number of nitrogens with one attached hydrogen (secondary N) is 1. The van der Waals surface area contributed by atoms with E-state index in [-0.39, 0.29) is 6.61 Å². The average Bonchev–Trinajstić information content (AvgIpc) is 2.90. The summed E-state index contributed by atoms with van der Waals surface area (Å²) in [5, 5.41) is 2.64. The molecule has 0 atom stereocenters. The largest absolute Gasteiger partial charge is 0.494 e. The molecule has 0 aliphatic rings. The number of furan rings is 1. The first kappa shape index (κ1) is 20.4. The van der Waals surface area contributed by atoms with Gasteiger partial charge in [-0.25, -0.2) is 4.79 Å². The lowest BCUT2D eigenvalue weighted by atomic mass is 10.1. The van der Waals surface area contributed by atoms with Gasteiger partial charge in [0.25, 0.3) is 5.91 Å². The minimum Gasteiger partial charge on any atom is -0.494 e. The molecule has 2 rings (SSSR count). The Hall–Kier alpha value is -2.96. The van der Waals surface area contributed by atoms with E-state index in [1.165, 1.54) is 0 Å². The van der Waals surface area contributed by atoms with E-state index in [1.807, 2.05) is 19.1 Å². The van der Waals surface area contributed by atoms with E-state index in [4.69, 9.17) is 18.6 Å². The highest BCUT2D eigenvalue weighted by Gasteiger charge is 2.20. The number of esters is 1. The summed E-state index contributed by atoms with van der Waals surface area (Å²) in [6, 6.07) is 7.23. The molecule has 0 bridgehead atoms. The van der Waals surface area contributed by atoms with Gasteiger partial charge >= 0.3 is 5.97 Å². The maximum atomic E-state index is 12.1. The van der Waals surface area contributed by atoms with Gasteiger partial charge in [0, 0.05) is 5.56 Å². The summed E-state index contributed by atoms with van der Waals surface area (Å²) in [5.74, 6) is 1.64. The molecule has 0 fully saturated rings. The zero-order valence-electron chi connectivity index (χ0n) is 16.1. The molecule has 2 aromatic rings. The molecule has 0 spiro atoms. The van der Waals surface area contributed by atoms with Gasteiger partial charge in [-0.2, -0.15) is 0 Å². The van der Waals surface area contributed by atoms with Crippen LogP contribution in [0, 0.1) is 20.8 Å². The predicted molar refractivity (Wildman–Crippen MR) is 99.3 cm³/mol. The summed E-state index contributed by atoms with van der Waals surface area (Å²) in [6.45, 7) is 8.01. The first-order chi connectivity index (χ1) is 12.9. The van der Waals surface area contributed by atoms with E-state index in [1.54, 1.807) is 32.9 Å². The van der Waals surface area contributed by atoms with E-state index in [2.05, 4.69) is 5.32 Å². The molecule has 7 heteroatoms. The molecule has 146 valence electrons. The quantitative estimate of drug-likeness (QED) is 0.536. The molecular weight excluding hydrogens is 350 g/mol. The number of ether oxygens (including phenoxy) is 3. The molecule has 1 aromatic carbocycles. The lowest BCUT2D eigenvalue weighted by molar-refractivity contribution is -0.124. The third-order valence-corrected chi connectivity index (χ3v) is 3.93. The molecule has 0 radical (unpaired) electrons. The van der Waals surface area contributed by atoms with E-state index >= 15 is 0 Å². The Bertz CT molecular complexity index is 779. The Morgan fingerprint density at radius 2 is 1.63 bits per heavy atom. The van der Waals surface area contributed by atoms with Crippen LogP contribution in [0.1, 0.15) is 34.4 Å². The molecule has 1 heterocycles. The smallest absolute Gasteiger partial charge is 0.342 e. The second kappa shape index (κ2) is 9.66. The molecule has 0 saturated heterocycles. The molecule has 0 aliphatic carbocycles. The summed E-state index contributed by atoms with van der Waals surface area (Å²) in [4.78, 5) is 23.9. The summed E-state index contributed by atoms with van der Waals surface area (Å²) in [7, 11) is 0. The molecule has 1 N–H and O–H groups in total. The number of carbonyl (C=O) groups is 2. The Balaban J connectivity index is 1.68. The van der Waals surface area contributed by atoms with Gasteiger partial charge in [0.15, 0.2) is 6.61 Å². The number of carbonyl (C=O) groups excluding carboxylic acids is 2.